The van der Waals surface area contributed by atoms with Crippen LogP contribution < -0.4 is 10.6 Å². The quantitative estimate of drug-likeness (QED) is 0.788. The Balaban J connectivity index is 1.45. The zero-order chi connectivity index (χ0) is 18.8. The van der Waals surface area contributed by atoms with Crippen LogP contribution in [0.1, 0.15) is 22.5 Å². The van der Waals surface area contributed by atoms with Gasteiger partial charge in [-0.2, -0.15) is 0 Å². The van der Waals surface area contributed by atoms with E-state index < -0.39 is 24.0 Å². The number of carbonyl (C=O) groups is 3. The zero-order valence-corrected chi connectivity index (χ0v) is 14.5. The van der Waals surface area contributed by atoms with E-state index in [1.54, 1.807) is 4.90 Å². The fourth-order valence-electron chi connectivity index (χ4n) is 3.68. The molecular formula is C19H19N5O3. The second-order valence-electron chi connectivity index (χ2n) is 6.69. The van der Waals surface area contributed by atoms with Gasteiger partial charge in [0.1, 0.15) is 17.8 Å². The minimum Gasteiger partial charge on any atom is -0.345 e. The van der Waals surface area contributed by atoms with E-state index in [4.69, 9.17) is 0 Å². The van der Waals surface area contributed by atoms with Gasteiger partial charge in [0.15, 0.2) is 0 Å². The largest absolute Gasteiger partial charge is 0.345 e. The molecule has 2 N–H and O–H groups in total. The van der Waals surface area contributed by atoms with Crippen molar-refractivity contribution in [1.82, 2.24) is 25.5 Å². The van der Waals surface area contributed by atoms with Gasteiger partial charge in [0.05, 0.1) is 12.2 Å². The average molecular weight is 365 g/mol. The Hall–Kier alpha value is -3.29. The minimum absolute atomic E-state index is 0.111. The number of nitrogens with one attached hydrogen (secondary N) is 2. The van der Waals surface area contributed by atoms with E-state index in [-0.39, 0.29) is 17.5 Å². The molecule has 8 nitrogen and oxygen atoms in total. The lowest BCUT2D eigenvalue weighted by molar-refractivity contribution is -0.147. The smallest absolute Gasteiger partial charge is 0.271 e. The van der Waals surface area contributed by atoms with Crippen molar-refractivity contribution >= 4 is 17.7 Å². The van der Waals surface area contributed by atoms with Crippen LogP contribution >= 0.6 is 0 Å². The highest BCUT2D eigenvalue weighted by Crippen LogP contribution is 2.24. The lowest BCUT2D eigenvalue weighted by atomic mass is 9.99. The van der Waals surface area contributed by atoms with Crippen molar-refractivity contribution < 1.29 is 14.4 Å². The number of carbonyl (C=O) groups excluding carboxylic acids is 3. The van der Waals surface area contributed by atoms with Crippen LogP contribution in [0, 0.1) is 0 Å². The van der Waals surface area contributed by atoms with Crippen LogP contribution in [0.2, 0.25) is 0 Å². The highest BCUT2D eigenvalue weighted by Gasteiger charge is 2.48. The van der Waals surface area contributed by atoms with Crippen molar-refractivity contribution in [2.45, 2.75) is 31.0 Å². The molecule has 2 saturated heterocycles. The van der Waals surface area contributed by atoms with Crippen molar-refractivity contribution in [1.29, 1.82) is 0 Å². The number of rotatable bonds is 4. The molecule has 1 aromatic heterocycles. The maximum absolute atomic E-state index is 12.8. The van der Waals surface area contributed by atoms with E-state index in [0.717, 1.165) is 5.56 Å². The predicted octanol–water partition coefficient (Wildman–Crippen LogP) is -0.0830. The van der Waals surface area contributed by atoms with E-state index in [0.29, 0.717) is 19.4 Å². The van der Waals surface area contributed by atoms with Gasteiger partial charge in [-0.25, -0.2) is 4.98 Å². The number of amides is 3. The van der Waals surface area contributed by atoms with Crippen molar-refractivity contribution in [3.05, 3.63) is 60.2 Å². The molecule has 0 radical (unpaired) electrons. The third kappa shape index (κ3) is 3.38. The predicted molar refractivity (Wildman–Crippen MR) is 95.5 cm³/mol. The van der Waals surface area contributed by atoms with Gasteiger partial charge in [0, 0.05) is 25.4 Å². The number of hydrogen-bond donors (Lipinski definition) is 2. The number of piperazine rings is 1. The van der Waals surface area contributed by atoms with Gasteiger partial charge in [0.2, 0.25) is 11.8 Å². The molecule has 4 rings (SSSR count). The Morgan fingerprint density at radius 1 is 1.22 bits per heavy atom. The molecule has 8 heteroatoms. The summed E-state index contributed by atoms with van der Waals surface area (Å²) in [4.78, 5) is 47.2. The van der Waals surface area contributed by atoms with Crippen LogP contribution in [0.3, 0.4) is 0 Å². The monoisotopic (exact) mass is 365 g/mol. The van der Waals surface area contributed by atoms with Crippen LogP contribution in [0.15, 0.2) is 48.9 Å². The van der Waals surface area contributed by atoms with E-state index in [1.807, 2.05) is 30.3 Å². The van der Waals surface area contributed by atoms with Crippen LogP contribution in [0.5, 0.6) is 0 Å². The molecule has 1 aromatic carbocycles. The second-order valence-corrected chi connectivity index (χ2v) is 6.69. The summed E-state index contributed by atoms with van der Waals surface area (Å²) >= 11 is 0. The van der Waals surface area contributed by atoms with Crippen LogP contribution in [-0.2, 0) is 16.0 Å². The lowest BCUT2D eigenvalue weighted by Crippen LogP contribution is -2.65. The molecule has 3 amide bonds. The molecule has 0 bridgehead atoms. The molecule has 27 heavy (non-hydrogen) atoms. The SMILES string of the molecule is O=C(N[C@H]1CCN2C(=O)[C@H](Cc3ccccc3)NC(=O)[C@H]12)c1cnccn1. The Morgan fingerprint density at radius 2 is 2.04 bits per heavy atom. The van der Waals surface area contributed by atoms with Crippen LogP contribution in [0.25, 0.3) is 0 Å². The van der Waals surface area contributed by atoms with Crippen molar-refractivity contribution in [3.63, 3.8) is 0 Å². The standard InChI is InChI=1S/C19H19N5O3/c25-17(15-11-20-7-8-21-15)22-13-6-9-24-16(13)18(26)23-14(19(24)27)10-12-4-2-1-3-5-12/h1-5,7-8,11,13-14,16H,6,9-10H2,(H,22,25)(H,23,26)/t13-,14-,16-/m0/s1. The van der Waals surface area contributed by atoms with E-state index in [9.17, 15) is 14.4 Å². The molecule has 0 saturated carbocycles. The average Bonchev–Trinajstić information content (AvgIpc) is 3.12. The number of aromatic nitrogens is 2. The molecule has 3 heterocycles. The zero-order valence-electron chi connectivity index (χ0n) is 14.5. The van der Waals surface area contributed by atoms with E-state index >= 15 is 0 Å². The summed E-state index contributed by atoms with van der Waals surface area (Å²) in [7, 11) is 0. The highest BCUT2D eigenvalue weighted by atomic mass is 16.2. The lowest BCUT2D eigenvalue weighted by Gasteiger charge is -2.36. The van der Waals surface area contributed by atoms with Gasteiger partial charge in [-0.3, -0.25) is 19.4 Å². The third-order valence-corrected chi connectivity index (χ3v) is 4.96. The first-order valence-corrected chi connectivity index (χ1v) is 8.85. The minimum atomic E-state index is -0.690. The summed E-state index contributed by atoms with van der Waals surface area (Å²) in [6.45, 7) is 0.438. The molecular weight excluding hydrogens is 346 g/mol. The Kier molecular flexibility index (Phi) is 4.53. The van der Waals surface area contributed by atoms with Crippen molar-refractivity contribution in [2.24, 2.45) is 0 Å². The fourth-order valence-corrected chi connectivity index (χ4v) is 3.68. The first kappa shape index (κ1) is 17.1. The topological polar surface area (TPSA) is 104 Å². The second kappa shape index (κ2) is 7.14. The summed E-state index contributed by atoms with van der Waals surface area (Å²) in [6, 6.07) is 7.86. The number of fused-ring (bicyclic) bond motifs is 1. The molecule has 0 unspecified atom stereocenters. The molecule has 0 spiro atoms. The fraction of sp³-hybridized carbons (Fsp3) is 0.316. The Labute approximate surface area is 156 Å². The van der Waals surface area contributed by atoms with E-state index in [2.05, 4.69) is 20.6 Å². The Bertz CT molecular complexity index is 858. The molecule has 2 aliphatic rings. The number of hydrogen-bond acceptors (Lipinski definition) is 5. The first-order chi connectivity index (χ1) is 13.1. The molecule has 3 atom stereocenters. The van der Waals surface area contributed by atoms with Crippen molar-refractivity contribution in [2.75, 3.05) is 6.54 Å². The normalized spacial score (nSPS) is 24.3. The van der Waals surface area contributed by atoms with Gasteiger partial charge in [-0.05, 0) is 12.0 Å². The maximum atomic E-state index is 12.8. The van der Waals surface area contributed by atoms with Crippen LogP contribution in [-0.4, -0.2) is 57.3 Å². The molecule has 0 aliphatic carbocycles. The molecule has 2 aliphatic heterocycles. The van der Waals surface area contributed by atoms with Gasteiger partial charge >= 0.3 is 0 Å². The van der Waals surface area contributed by atoms with Gasteiger partial charge in [-0.1, -0.05) is 30.3 Å². The highest BCUT2D eigenvalue weighted by molar-refractivity contribution is 5.99. The van der Waals surface area contributed by atoms with Crippen molar-refractivity contribution in [3.8, 4) is 0 Å². The summed E-state index contributed by atoms with van der Waals surface area (Å²) < 4.78 is 0. The van der Waals surface area contributed by atoms with E-state index in [1.165, 1.54) is 18.6 Å². The van der Waals surface area contributed by atoms with Gasteiger partial charge in [0.25, 0.3) is 5.91 Å². The molecule has 2 aromatic rings. The van der Waals surface area contributed by atoms with Gasteiger partial charge in [-0.15, -0.1) is 0 Å². The number of nitrogens with zero attached hydrogens (tertiary/aromatic N) is 3. The van der Waals surface area contributed by atoms with Gasteiger partial charge < -0.3 is 15.5 Å². The summed E-state index contributed by atoms with van der Waals surface area (Å²) in [5.74, 6) is -0.751. The first-order valence-electron chi connectivity index (χ1n) is 8.85. The molecule has 138 valence electrons. The summed E-state index contributed by atoms with van der Waals surface area (Å²) in [5.41, 5.74) is 1.17. The third-order valence-electron chi connectivity index (χ3n) is 4.96. The number of benzene rings is 1. The maximum Gasteiger partial charge on any atom is 0.271 e. The summed E-state index contributed by atoms with van der Waals surface area (Å²) in [6.07, 6.45) is 5.25. The summed E-state index contributed by atoms with van der Waals surface area (Å²) in [5, 5.41) is 5.63. The molecule has 2 fully saturated rings. The Morgan fingerprint density at radius 3 is 2.78 bits per heavy atom. The van der Waals surface area contributed by atoms with Crippen LogP contribution in [0.4, 0.5) is 0 Å².